The van der Waals surface area contributed by atoms with Crippen molar-refractivity contribution in [2.24, 2.45) is 10.9 Å². The van der Waals surface area contributed by atoms with Gasteiger partial charge >= 0.3 is 0 Å². The van der Waals surface area contributed by atoms with E-state index in [1.54, 1.807) is 7.11 Å². The number of amides is 1. The highest BCUT2D eigenvalue weighted by molar-refractivity contribution is 5.78. The molecule has 2 rings (SSSR count). The van der Waals surface area contributed by atoms with Gasteiger partial charge in [-0.1, -0.05) is 63.5 Å². The Morgan fingerprint density at radius 1 is 1.31 bits per heavy atom. The van der Waals surface area contributed by atoms with E-state index in [-0.39, 0.29) is 18.7 Å². The molecule has 0 atom stereocenters. The van der Waals surface area contributed by atoms with E-state index in [0.717, 1.165) is 31.4 Å². The molecule has 0 aromatic heterocycles. The van der Waals surface area contributed by atoms with Gasteiger partial charge in [0.2, 0.25) is 5.91 Å². The smallest absolute Gasteiger partial charge is 0.222 e. The van der Waals surface area contributed by atoms with Gasteiger partial charge in [-0.05, 0) is 32.3 Å². The molecule has 1 aliphatic rings. The van der Waals surface area contributed by atoms with E-state index in [1.165, 1.54) is 24.0 Å². The Morgan fingerprint density at radius 3 is 2.48 bits per heavy atom. The van der Waals surface area contributed by atoms with Crippen molar-refractivity contribution in [1.29, 1.82) is 0 Å². The number of hydrogen-bond acceptors (Lipinski definition) is 3. The van der Waals surface area contributed by atoms with E-state index >= 15 is 0 Å². The number of rotatable bonds is 8. The Labute approximate surface area is 179 Å². The van der Waals surface area contributed by atoms with Crippen molar-refractivity contribution in [3.63, 3.8) is 0 Å². The van der Waals surface area contributed by atoms with E-state index < -0.39 is 0 Å². The summed E-state index contributed by atoms with van der Waals surface area (Å²) in [6.07, 6.45) is 10.9. The number of nitrogens with one attached hydrogen (secondary N) is 1. The zero-order valence-electron chi connectivity index (χ0n) is 19.3. The molecule has 29 heavy (non-hydrogen) atoms. The monoisotopic (exact) mass is 402 g/mol. The molecule has 1 N–H and O–H groups in total. The van der Waals surface area contributed by atoms with Crippen LogP contribution in [-0.2, 0) is 10.2 Å². The summed E-state index contributed by atoms with van der Waals surface area (Å²) >= 11 is 0. The fourth-order valence-electron chi connectivity index (χ4n) is 3.81. The molecule has 1 aliphatic carbocycles. The van der Waals surface area contributed by atoms with E-state index in [4.69, 9.17) is 4.74 Å². The first-order valence-electron chi connectivity index (χ1n) is 10.9. The maximum Gasteiger partial charge on any atom is 0.222 e. The number of benzene rings is 1. The van der Waals surface area contributed by atoms with Gasteiger partial charge in [-0.2, -0.15) is 0 Å². The van der Waals surface area contributed by atoms with Crippen molar-refractivity contribution in [3.8, 4) is 5.75 Å². The van der Waals surface area contributed by atoms with Gasteiger partial charge < -0.3 is 15.0 Å². The second kappa shape index (κ2) is 13.2. The molecule has 0 radical (unpaired) electrons. The topological polar surface area (TPSA) is 50.7 Å². The zero-order valence-corrected chi connectivity index (χ0v) is 19.3. The van der Waals surface area contributed by atoms with Crippen LogP contribution in [0.5, 0.6) is 5.75 Å². The van der Waals surface area contributed by atoms with Crippen molar-refractivity contribution in [1.82, 2.24) is 5.32 Å². The quantitative estimate of drug-likeness (QED) is 0.431. The predicted molar refractivity (Wildman–Crippen MR) is 126 cm³/mol. The van der Waals surface area contributed by atoms with Gasteiger partial charge in [0, 0.05) is 44.6 Å². The van der Waals surface area contributed by atoms with Gasteiger partial charge in [-0.15, -0.1) is 0 Å². The van der Waals surface area contributed by atoms with E-state index in [0.29, 0.717) is 6.54 Å². The molecule has 1 aromatic rings. The summed E-state index contributed by atoms with van der Waals surface area (Å²) in [6.45, 7) is 8.81. The molecule has 0 bridgehead atoms. The first kappa shape index (κ1) is 24.9. The second-order valence-electron chi connectivity index (χ2n) is 8.01. The standard InChI is InChI=1S/C17H25NO2.C8H15N.H2/c1-13(2)16(19)18-12-17(10-6-7-11-17)14-8-4-5-9-15(14)20-3;1-4-8(5-2)6-7-9-3;/h4-5,8-9,13H,6-7,10-12H2,1-3H3,(H,18,19);4,7H,5-6H2,1-3H3;1H. The van der Waals surface area contributed by atoms with Crippen LogP contribution in [0.4, 0.5) is 0 Å². The Balaban J connectivity index is 0.000000719. The average Bonchev–Trinajstić information content (AvgIpc) is 3.23. The predicted octanol–water partition coefficient (Wildman–Crippen LogP) is 5.96. The summed E-state index contributed by atoms with van der Waals surface area (Å²) < 4.78 is 5.52. The van der Waals surface area contributed by atoms with Crippen LogP contribution >= 0.6 is 0 Å². The van der Waals surface area contributed by atoms with Gasteiger partial charge in [0.15, 0.2) is 0 Å². The van der Waals surface area contributed by atoms with Gasteiger partial charge in [0.05, 0.1) is 7.11 Å². The van der Waals surface area contributed by atoms with Crippen molar-refractivity contribution in [2.75, 3.05) is 20.7 Å². The lowest BCUT2D eigenvalue weighted by Crippen LogP contribution is -2.40. The minimum atomic E-state index is 0. The third-order valence-electron chi connectivity index (χ3n) is 5.76. The second-order valence-corrected chi connectivity index (χ2v) is 8.01. The average molecular weight is 403 g/mol. The molecule has 0 heterocycles. The largest absolute Gasteiger partial charge is 0.496 e. The Bertz CT molecular complexity index is 677. The maximum atomic E-state index is 11.9. The van der Waals surface area contributed by atoms with E-state index in [1.807, 2.05) is 39.2 Å². The fraction of sp³-hybridized carbons (Fsp3) is 0.600. The lowest BCUT2D eigenvalue weighted by atomic mass is 9.78. The third-order valence-corrected chi connectivity index (χ3v) is 5.76. The van der Waals surface area contributed by atoms with Gasteiger partial charge in [0.25, 0.3) is 0 Å². The fourth-order valence-corrected chi connectivity index (χ4v) is 3.81. The molecule has 0 saturated heterocycles. The SMILES string of the molecule is CC=C(CC)CC=NC.COc1ccccc1C1(CNC(=O)C(C)C)CCCC1.[HH]. The number of hydrogen-bond donors (Lipinski definition) is 1. The Morgan fingerprint density at radius 2 is 1.97 bits per heavy atom. The van der Waals surface area contributed by atoms with Crippen LogP contribution in [0.25, 0.3) is 0 Å². The number of carbonyl (C=O) groups is 1. The molecule has 1 fully saturated rings. The summed E-state index contributed by atoms with van der Waals surface area (Å²) in [4.78, 5) is 15.8. The van der Waals surface area contributed by atoms with E-state index in [9.17, 15) is 4.79 Å². The first-order chi connectivity index (χ1) is 13.9. The number of methoxy groups -OCH3 is 1. The molecular formula is C25H42N2O2. The Hall–Kier alpha value is -2.10. The minimum absolute atomic E-state index is 0. The van der Waals surface area contributed by atoms with Crippen LogP contribution < -0.4 is 10.1 Å². The molecular weight excluding hydrogens is 360 g/mol. The molecule has 0 spiro atoms. The summed E-state index contributed by atoms with van der Waals surface area (Å²) in [7, 11) is 3.52. The van der Waals surface area contributed by atoms with Crippen LogP contribution in [0.2, 0.25) is 0 Å². The number of aliphatic imine (C=N–C) groups is 1. The molecule has 1 aromatic carbocycles. The summed E-state index contributed by atoms with van der Waals surface area (Å²) in [5.41, 5.74) is 2.74. The molecule has 4 heteroatoms. The molecule has 4 nitrogen and oxygen atoms in total. The number of nitrogens with zero attached hydrogens (tertiary/aromatic N) is 1. The van der Waals surface area contributed by atoms with Gasteiger partial charge in [0.1, 0.15) is 5.75 Å². The highest BCUT2D eigenvalue weighted by Crippen LogP contribution is 2.44. The maximum absolute atomic E-state index is 11.9. The van der Waals surface area contributed by atoms with Crippen molar-refractivity contribution in [3.05, 3.63) is 41.5 Å². The van der Waals surface area contributed by atoms with Crippen LogP contribution in [0.3, 0.4) is 0 Å². The molecule has 1 saturated carbocycles. The number of ether oxygens (including phenoxy) is 1. The first-order valence-corrected chi connectivity index (χ1v) is 10.9. The highest BCUT2D eigenvalue weighted by atomic mass is 16.5. The highest BCUT2D eigenvalue weighted by Gasteiger charge is 2.38. The summed E-state index contributed by atoms with van der Waals surface area (Å²) in [5, 5.41) is 3.12. The molecule has 0 aliphatic heterocycles. The molecule has 1 amide bonds. The third kappa shape index (κ3) is 7.68. The molecule has 0 unspecified atom stereocenters. The van der Waals surface area contributed by atoms with Gasteiger partial charge in [-0.25, -0.2) is 0 Å². The Kier molecular flexibility index (Phi) is 11.3. The van der Waals surface area contributed by atoms with Crippen molar-refractivity contribution < 1.29 is 11.0 Å². The number of carbonyl (C=O) groups excluding carboxylic acids is 1. The van der Waals surface area contributed by atoms with Crippen molar-refractivity contribution >= 4 is 12.1 Å². The normalized spacial score (nSPS) is 15.9. The van der Waals surface area contributed by atoms with Crippen LogP contribution in [0, 0.1) is 5.92 Å². The lowest BCUT2D eigenvalue weighted by Gasteiger charge is -2.31. The lowest BCUT2D eigenvalue weighted by molar-refractivity contribution is -0.124. The number of para-hydroxylation sites is 1. The van der Waals surface area contributed by atoms with Crippen molar-refractivity contribution in [2.45, 2.75) is 71.6 Å². The van der Waals surface area contributed by atoms with E-state index in [2.05, 4.69) is 42.4 Å². The number of allylic oxidation sites excluding steroid dienone is 2. The molecule has 164 valence electrons. The van der Waals surface area contributed by atoms with Crippen LogP contribution in [-0.4, -0.2) is 32.8 Å². The van der Waals surface area contributed by atoms with Gasteiger partial charge in [-0.3, -0.25) is 4.79 Å². The van der Waals surface area contributed by atoms with Crippen LogP contribution in [0.1, 0.15) is 73.2 Å². The minimum Gasteiger partial charge on any atom is -0.496 e. The summed E-state index contributed by atoms with van der Waals surface area (Å²) in [6, 6.07) is 8.21. The summed E-state index contributed by atoms with van der Waals surface area (Å²) in [5.74, 6) is 1.10. The van der Waals surface area contributed by atoms with Crippen LogP contribution in [0.15, 0.2) is 40.9 Å². The zero-order chi connectivity index (χ0) is 21.7.